The highest BCUT2D eigenvalue weighted by Crippen LogP contribution is 2.27. The molecule has 7 nitrogen and oxygen atoms in total. The highest BCUT2D eigenvalue weighted by molar-refractivity contribution is 7.89. The summed E-state index contributed by atoms with van der Waals surface area (Å²) in [7, 11) is -1.62. The van der Waals surface area contributed by atoms with Crippen molar-refractivity contribution in [1.29, 1.82) is 0 Å². The molecule has 0 amide bonds. The first kappa shape index (κ1) is 21.4. The Kier molecular flexibility index (Phi) is 6.02. The minimum absolute atomic E-state index is 0.131. The van der Waals surface area contributed by atoms with Crippen molar-refractivity contribution in [2.45, 2.75) is 33.2 Å². The number of hydrogen-bond acceptors (Lipinski definition) is 6. The van der Waals surface area contributed by atoms with E-state index in [0.29, 0.717) is 37.5 Å². The van der Waals surface area contributed by atoms with Gasteiger partial charge in [-0.05, 0) is 54.7 Å². The Hall–Kier alpha value is -2.84. The van der Waals surface area contributed by atoms with Crippen molar-refractivity contribution in [3.8, 4) is 17.3 Å². The van der Waals surface area contributed by atoms with Crippen molar-refractivity contribution in [1.82, 2.24) is 19.5 Å². The number of rotatable bonds is 6. The SMILES string of the molecule is CCS(=O)(=O)N1CCc2c(Cc3ccc(C)c(-c4ccc(OC)nn4)n3)cccc2C1. The summed E-state index contributed by atoms with van der Waals surface area (Å²) in [5, 5.41) is 8.29. The van der Waals surface area contributed by atoms with Gasteiger partial charge in [0.05, 0.1) is 18.6 Å². The van der Waals surface area contributed by atoms with Crippen LogP contribution in [0, 0.1) is 6.92 Å². The van der Waals surface area contributed by atoms with Gasteiger partial charge in [0.15, 0.2) is 0 Å². The van der Waals surface area contributed by atoms with Gasteiger partial charge in [0.2, 0.25) is 15.9 Å². The van der Waals surface area contributed by atoms with Crippen LogP contribution in [0.2, 0.25) is 0 Å². The quantitative estimate of drug-likeness (QED) is 0.588. The Labute approximate surface area is 183 Å². The summed E-state index contributed by atoms with van der Waals surface area (Å²) >= 11 is 0. The molecule has 0 saturated heterocycles. The van der Waals surface area contributed by atoms with Crippen molar-refractivity contribution in [2.75, 3.05) is 19.4 Å². The molecule has 0 bridgehead atoms. The lowest BCUT2D eigenvalue weighted by atomic mass is 9.93. The molecular formula is C23H26N4O3S. The maximum Gasteiger partial charge on any atom is 0.233 e. The summed E-state index contributed by atoms with van der Waals surface area (Å²) in [6.07, 6.45) is 1.40. The molecule has 3 heterocycles. The monoisotopic (exact) mass is 438 g/mol. The molecule has 0 spiro atoms. The third-order valence-corrected chi connectivity index (χ3v) is 7.53. The molecule has 162 valence electrons. The lowest BCUT2D eigenvalue weighted by Crippen LogP contribution is -2.37. The molecule has 0 radical (unpaired) electrons. The highest BCUT2D eigenvalue weighted by Gasteiger charge is 2.26. The zero-order chi connectivity index (χ0) is 22.0. The molecule has 0 N–H and O–H groups in total. The summed E-state index contributed by atoms with van der Waals surface area (Å²) in [5.74, 6) is 0.597. The Morgan fingerprint density at radius 3 is 2.65 bits per heavy atom. The van der Waals surface area contributed by atoms with Crippen molar-refractivity contribution in [2.24, 2.45) is 0 Å². The fourth-order valence-corrected chi connectivity index (χ4v) is 5.00. The molecule has 1 aromatic carbocycles. The van der Waals surface area contributed by atoms with Crippen molar-refractivity contribution in [3.05, 3.63) is 70.4 Å². The molecule has 0 saturated carbocycles. The van der Waals surface area contributed by atoms with E-state index in [1.807, 2.05) is 31.2 Å². The molecule has 0 fully saturated rings. The molecule has 0 unspecified atom stereocenters. The molecule has 1 aliphatic heterocycles. The zero-order valence-corrected chi connectivity index (χ0v) is 18.8. The topological polar surface area (TPSA) is 85.3 Å². The Balaban J connectivity index is 1.61. The predicted octanol–water partition coefficient (Wildman–Crippen LogP) is 3.15. The maximum atomic E-state index is 12.3. The van der Waals surface area contributed by atoms with Gasteiger partial charge in [-0.15, -0.1) is 10.2 Å². The lowest BCUT2D eigenvalue weighted by Gasteiger charge is -2.29. The highest BCUT2D eigenvalue weighted by atomic mass is 32.2. The third-order valence-electron chi connectivity index (χ3n) is 5.70. The number of methoxy groups -OCH3 is 1. The number of fused-ring (bicyclic) bond motifs is 1. The summed E-state index contributed by atoms with van der Waals surface area (Å²) in [5.41, 5.74) is 6.98. The predicted molar refractivity (Wildman–Crippen MR) is 119 cm³/mol. The van der Waals surface area contributed by atoms with E-state index in [0.717, 1.165) is 22.5 Å². The molecule has 0 aliphatic carbocycles. The van der Waals surface area contributed by atoms with Crippen LogP contribution in [0.3, 0.4) is 0 Å². The lowest BCUT2D eigenvalue weighted by molar-refractivity contribution is 0.391. The van der Waals surface area contributed by atoms with Crippen LogP contribution in [-0.4, -0.2) is 47.3 Å². The second-order valence-electron chi connectivity index (χ2n) is 7.64. The van der Waals surface area contributed by atoms with Crippen LogP contribution in [-0.2, 0) is 29.4 Å². The van der Waals surface area contributed by atoms with Gasteiger partial charge in [0.25, 0.3) is 0 Å². The van der Waals surface area contributed by atoms with Gasteiger partial charge in [-0.25, -0.2) is 8.42 Å². The van der Waals surface area contributed by atoms with E-state index in [1.54, 1.807) is 24.4 Å². The van der Waals surface area contributed by atoms with Gasteiger partial charge >= 0.3 is 0 Å². The Morgan fingerprint density at radius 2 is 1.94 bits per heavy atom. The van der Waals surface area contributed by atoms with Crippen LogP contribution in [0.25, 0.3) is 11.4 Å². The van der Waals surface area contributed by atoms with E-state index in [4.69, 9.17) is 9.72 Å². The number of sulfonamides is 1. The first-order valence-corrected chi connectivity index (χ1v) is 11.9. The van der Waals surface area contributed by atoms with E-state index < -0.39 is 10.0 Å². The van der Waals surface area contributed by atoms with E-state index >= 15 is 0 Å². The fourth-order valence-electron chi connectivity index (χ4n) is 3.93. The van der Waals surface area contributed by atoms with Gasteiger partial charge in [-0.2, -0.15) is 4.31 Å². The summed E-state index contributed by atoms with van der Waals surface area (Å²) < 4.78 is 31.2. The van der Waals surface area contributed by atoms with Crippen LogP contribution in [0.4, 0.5) is 0 Å². The maximum absolute atomic E-state index is 12.3. The van der Waals surface area contributed by atoms with Gasteiger partial charge in [-0.1, -0.05) is 24.3 Å². The van der Waals surface area contributed by atoms with Crippen LogP contribution >= 0.6 is 0 Å². The van der Waals surface area contributed by atoms with E-state index in [2.05, 4.69) is 22.3 Å². The molecule has 8 heteroatoms. The van der Waals surface area contributed by atoms with Crippen LogP contribution in [0.1, 0.15) is 34.9 Å². The molecule has 3 aromatic rings. The second-order valence-corrected chi connectivity index (χ2v) is 9.90. The first-order chi connectivity index (χ1) is 14.9. The number of aromatic nitrogens is 3. The van der Waals surface area contributed by atoms with E-state index in [-0.39, 0.29) is 5.75 Å². The largest absolute Gasteiger partial charge is 0.480 e. The Morgan fingerprint density at radius 1 is 1.10 bits per heavy atom. The zero-order valence-electron chi connectivity index (χ0n) is 18.0. The third kappa shape index (κ3) is 4.45. The minimum atomic E-state index is -3.18. The van der Waals surface area contributed by atoms with Crippen molar-refractivity contribution in [3.63, 3.8) is 0 Å². The number of aryl methyl sites for hydroxylation is 1. The summed E-state index contributed by atoms with van der Waals surface area (Å²) in [4.78, 5) is 4.86. The van der Waals surface area contributed by atoms with Crippen LogP contribution in [0.5, 0.6) is 5.88 Å². The normalized spacial score (nSPS) is 14.3. The number of benzene rings is 1. The Bertz CT molecular complexity index is 1190. The molecule has 4 rings (SSSR count). The number of nitrogens with zero attached hydrogens (tertiary/aromatic N) is 4. The number of pyridine rings is 1. The fraction of sp³-hybridized carbons (Fsp3) is 0.348. The average Bonchev–Trinajstić information content (AvgIpc) is 2.80. The number of hydrogen-bond donors (Lipinski definition) is 0. The average molecular weight is 439 g/mol. The molecule has 1 aliphatic rings. The summed E-state index contributed by atoms with van der Waals surface area (Å²) in [6.45, 7) is 4.65. The van der Waals surface area contributed by atoms with Crippen LogP contribution in [0.15, 0.2) is 42.5 Å². The molecule has 2 aromatic heterocycles. The van der Waals surface area contributed by atoms with Gasteiger partial charge in [0.1, 0.15) is 5.69 Å². The van der Waals surface area contributed by atoms with E-state index in [9.17, 15) is 8.42 Å². The second kappa shape index (κ2) is 8.72. The van der Waals surface area contributed by atoms with Crippen LogP contribution < -0.4 is 4.74 Å². The molecule has 31 heavy (non-hydrogen) atoms. The van der Waals surface area contributed by atoms with E-state index in [1.165, 1.54) is 11.1 Å². The standard InChI is InChI=1S/C23H26N4O3S/c1-4-31(28,29)27-13-12-20-17(6-5-7-18(20)15-27)14-19-9-8-16(2)23(24-19)21-10-11-22(30-3)26-25-21/h5-11H,4,12-15H2,1-3H3. The molecule has 0 atom stereocenters. The van der Waals surface area contributed by atoms with Crippen molar-refractivity contribution < 1.29 is 13.2 Å². The molecular weight excluding hydrogens is 412 g/mol. The summed E-state index contributed by atoms with van der Waals surface area (Å²) in [6, 6.07) is 13.9. The smallest absolute Gasteiger partial charge is 0.233 e. The minimum Gasteiger partial charge on any atom is -0.480 e. The van der Waals surface area contributed by atoms with Gasteiger partial charge in [-0.3, -0.25) is 4.98 Å². The van der Waals surface area contributed by atoms with Crippen molar-refractivity contribution >= 4 is 10.0 Å². The van der Waals surface area contributed by atoms with Gasteiger partial charge < -0.3 is 4.74 Å². The number of ether oxygens (including phenoxy) is 1. The van der Waals surface area contributed by atoms with Gasteiger partial charge in [0, 0.05) is 31.3 Å². The first-order valence-electron chi connectivity index (χ1n) is 10.3.